The number of amides is 1. The number of benzene rings is 2. The summed E-state index contributed by atoms with van der Waals surface area (Å²) in [5.74, 6) is -5.16. The van der Waals surface area contributed by atoms with Crippen molar-refractivity contribution < 1.29 is 31.1 Å². The van der Waals surface area contributed by atoms with E-state index < -0.39 is 47.6 Å². The first-order valence-corrected chi connectivity index (χ1v) is 11.0. The molecule has 1 aliphatic rings. The Balaban J connectivity index is 1.52. The molecule has 192 valence electrons. The number of carbonyl (C=O) groups is 1. The number of nitrogens with zero attached hydrogens (tertiary/aromatic N) is 4. The Morgan fingerprint density at radius 3 is 2.42 bits per heavy atom. The van der Waals surface area contributed by atoms with E-state index in [4.69, 9.17) is 5.73 Å². The number of rotatable bonds is 7. The molecule has 1 aromatic heterocycles. The minimum atomic E-state index is -4.67. The van der Waals surface area contributed by atoms with Crippen LogP contribution in [0.3, 0.4) is 0 Å². The maximum atomic E-state index is 14.3. The summed E-state index contributed by atoms with van der Waals surface area (Å²) in [6.07, 6.45) is -5.87. The van der Waals surface area contributed by atoms with Gasteiger partial charge in [-0.2, -0.15) is 13.2 Å². The van der Waals surface area contributed by atoms with E-state index in [0.717, 1.165) is 10.6 Å². The molecule has 0 bridgehead atoms. The third-order valence-electron chi connectivity index (χ3n) is 5.91. The van der Waals surface area contributed by atoms with E-state index in [2.05, 4.69) is 15.5 Å². The smallest absolute Gasteiger partial charge is 0.333 e. The Labute approximate surface area is 201 Å². The molecule has 0 unspecified atom stereocenters. The van der Waals surface area contributed by atoms with Crippen LogP contribution in [0.25, 0.3) is 0 Å². The third-order valence-corrected chi connectivity index (χ3v) is 5.91. The first kappa shape index (κ1) is 25.6. The highest BCUT2D eigenvalue weighted by Gasteiger charge is 2.40. The van der Waals surface area contributed by atoms with Crippen LogP contribution in [-0.2, 0) is 30.5 Å². The molecule has 7 nitrogen and oxygen atoms in total. The van der Waals surface area contributed by atoms with Crippen molar-refractivity contribution in [1.82, 2.24) is 25.0 Å². The van der Waals surface area contributed by atoms with Gasteiger partial charge in [-0.25, -0.2) is 13.2 Å². The quantitative estimate of drug-likeness (QED) is 0.288. The normalized spacial score (nSPS) is 15.5. The summed E-state index contributed by atoms with van der Waals surface area (Å²) in [5.41, 5.74) is 6.72. The number of aromatic nitrogens is 3. The Kier molecular flexibility index (Phi) is 7.31. The van der Waals surface area contributed by atoms with Crippen molar-refractivity contribution in [2.75, 3.05) is 6.54 Å². The summed E-state index contributed by atoms with van der Waals surface area (Å²) in [7, 11) is 0. The van der Waals surface area contributed by atoms with E-state index in [1.807, 2.05) is 0 Å². The van der Waals surface area contributed by atoms with E-state index in [1.165, 1.54) is 4.90 Å². The van der Waals surface area contributed by atoms with Gasteiger partial charge in [0.25, 0.3) is 0 Å². The van der Waals surface area contributed by atoms with Gasteiger partial charge in [-0.15, -0.1) is 10.2 Å². The van der Waals surface area contributed by atoms with Crippen LogP contribution in [0.4, 0.5) is 26.3 Å². The van der Waals surface area contributed by atoms with E-state index in [1.54, 1.807) is 30.3 Å². The standard InChI is InChI=1S/C23H22F6N6O/c24-16-11-18(26)17(25)9-14(16)8-15(31-21(30)13-4-2-1-3-5-13)10-20(36)34-6-7-35-19(12-34)32-33-22(35)23(27,28)29/h1-5,9,11,15,21,31H,6-8,10,12,30H2/t15-,21+/m0/s1. The fourth-order valence-electron chi connectivity index (χ4n) is 4.11. The summed E-state index contributed by atoms with van der Waals surface area (Å²) < 4.78 is 81.7. The molecule has 2 aromatic carbocycles. The predicted octanol–water partition coefficient (Wildman–Crippen LogP) is 3.30. The lowest BCUT2D eigenvalue weighted by Gasteiger charge is -2.30. The molecule has 0 aliphatic carbocycles. The van der Waals surface area contributed by atoms with Crippen molar-refractivity contribution in [2.24, 2.45) is 5.73 Å². The predicted molar refractivity (Wildman–Crippen MR) is 115 cm³/mol. The van der Waals surface area contributed by atoms with Crippen molar-refractivity contribution in [3.63, 3.8) is 0 Å². The van der Waals surface area contributed by atoms with E-state index in [0.29, 0.717) is 11.6 Å². The topological polar surface area (TPSA) is 89.1 Å². The van der Waals surface area contributed by atoms with Crippen molar-refractivity contribution in [3.05, 3.63) is 82.7 Å². The van der Waals surface area contributed by atoms with Gasteiger partial charge in [-0.3, -0.25) is 10.1 Å². The highest BCUT2D eigenvalue weighted by Crippen LogP contribution is 2.29. The highest BCUT2D eigenvalue weighted by atomic mass is 19.4. The molecular formula is C23H22F6N6O. The fraction of sp³-hybridized carbons (Fsp3) is 0.348. The molecule has 13 heteroatoms. The van der Waals surface area contributed by atoms with Crippen LogP contribution >= 0.6 is 0 Å². The number of halogens is 6. The van der Waals surface area contributed by atoms with Crippen LogP contribution in [0.5, 0.6) is 0 Å². The maximum absolute atomic E-state index is 14.3. The van der Waals surface area contributed by atoms with Crippen molar-refractivity contribution in [1.29, 1.82) is 0 Å². The van der Waals surface area contributed by atoms with E-state index >= 15 is 0 Å². The molecule has 3 N–H and O–H groups in total. The van der Waals surface area contributed by atoms with Crippen molar-refractivity contribution >= 4 is 5.91 Å². The Morgan fingerprint density at radius 2 is 1.72 bits per heavy atom. The van der Waals surface area contributed by atoms with Crippen LogP contribution in [0.15, 0.2) is 42.5 Å². The lowest BCUT2D eigenvalue weighted by atomic mass is 10.0. The largest absolute Gasteiger partial charge is 0.451 e. The molecule has 0 saturated heterocycles. The summed E-state index contributed by atoms with van der Waals surface area (Å²) in [4.78, 5) is 14.4. The number of alkyl halides is 3. The second-order valence-electron chi connectivity index (χ2n) is 8.42. The molecule has 0 spiro atoms. The fourth-order valence-corrected chi connectivity index (χ4v) is 4.11. The molecule has 1 aliphatic heterocycles. The van der Waals surface area contributed by atoms with Crippen molar-refractivity contribution in [3.8, 4) is 0 Å². The first-order chi connectivity index (χ1) is 17.0. The zero-order chi connectivity index (χ0) is 26.0. The monoisotopic (exact) mass is 512 g/mol. The summed E-state index contributed by atoms with van der Waals surface area (Å²) in [5, 5.41) is 9.77. The lowest BCUT2D eigenvalue weighted by molar-refractivity contribution is -0.148. The molecule has 3 aromatic rings. The number of nitrogens with one attached hydrogen (secondary N) is 1. The second-order valence-corrected chi connectivity index (χ2v) is 8.42. The molecule has 0 radical (unpaired) electrons. The van der Waals surface area contributed by atoms with Gasteiger partial charge in [0.15, 0.2) is 17.5 Å². The Morgan fingerprint density at radius 1 is 1.03 bits per heavy atom. The van der Waals surface area contributed by atoms with Crippen LogP contribution in [0, 0.1) is 17.5 Å². The summed E-state index contributed by atoms with van der Waals surface area (Å²) in [6.45, 7) is -0.370. The zero-order valence-electron chi connectivity index (χ0n) is 18.8. The maximum Gasteiger partial charge on any atom is 0.451 e. The molecule has 2 atom stereocenters. The summed E-state index contributed by atoms with van der Waals surface area (Å²) >= 11 is 0. The van der Waals surface area contributed by atoms with Crippen LogP contribution in [-0.4, -0.2) is 38.2 Å². The average molecular weight is 512 g/mol. The lowest BCUT2D eigenvalue weighted by Crippen LogP contribution is -2.45. The van der Waals surface area contributed by atoms with Gasteiger partial charge in [0.2, 0.25) is 11.7 Å². The average Bonchev–Trinajstić information content (AvgIpc) is 3.27. The summed E-state index contributed by atoms with van der Waals surface area (Å²) in [6, 6.07) is 9.12. The van der Waals surface area contributed by atoms with Gasteiger partial charge in [0.1, 0.15) is 5.82 Å². The minimum Gasteiger partial charge on any atom is -0.333 e. The van der Waals surface area contributed by atoms with Crippen LogP contribution in [0.1, 0.15) is 35.4 Å². The number of hydrogen-bond donors (Lipinski definition) is 2. The van der Waals surface area contributed by atoms with Gasteiger partial charge < -0.3 is 15.2 Å². The van der Waals surface area contributed by atoms with Gasteiger partial charge in [0, 0.05) is 31.6 Å². The zero-order valence-corrected chi connectivity index (χ0v) is 18.8. The highest BCUT2D eigenvalue weighted by molar-refractivity contribution is 5.77. The van der Waals surface area contributed by atoms with E-state index in [9.17, 15) is 31.1 Å². The van der Waals surface area contributed by atoms with Crippen LogP contribution < -0.4 is 11.1 Å². The van der Waals surface area contributed by atoms with Gasteiger partial charge in [-0.05, 0) is 23.6 Å². The third kappa shape index (κ3) is 5.68. The minimum absolute atomic E-state index is 0.0147. The molecule has 0 fully saturated rings. The number of hydrogen-bond acceptors (Lipinski definition) is 5. The molecule has 4 rings (SSSR count). The van der Waals surface area contributed by atoms with Crippen molar-refractivity contribution in [2.45, 2.75) is 44.3 Å². The molecule has 2 heterocycles. The SMILES string of the molecule is N[C@H](N[C@H](CC(=O)N1CCn2c(nnc2C(F)(F)F)C1)Cc1cc(F)c(F)cc1F)c1ccccc1. The van der Waals surface area contributed by atoms with Gasteiger partial charge in [-0.1, -0.05) is 30.3 Å². The number of nitrogens with two attached hydrogens (primary N) is 1. The van der Waals surface area contributed by atoms with Crippen LogP contribution in [0.2, 0.25) is 0 Å². The van der Waals surface area contributed by atoms with E-state index in [-0.39, 0.29) is 43.9 Å². The molecule has 1 amide bonds. The molecular weight excluding hydrogens is 490 g/mol. The Bertz CT molecular complexity index is 1230. The number of carbonyl (C=O) groups excluding carboxylic acids is 1. The molecule has 0 saturated carbocycles. The van der Waals surface area contributed by atoms with Gasteiger partial charge >= 0.3 is 6.18 Å². The second kappa shape index (κ2) is 10.3. The molecule has 36 heavy (non-hydrogen) atoms. The Hall–Kier alpha value is -3.45. The first-order valence-electron chi connectivity index (χ1n) is 11.0. The number of fused-ring (bicyclic) bond motifs is 1. The van der Waals surface area contributed by atoms with Gasteiger partial charge in [0.05, 0.1) is 12.7 Å².